The molecule has 1 unspecified atom stereocenters. The molecule has 1 aliphatic carbocycles. The van der Waals surface area contributed by atoms with Crippen molar-refractivity contribution >= 4 is 11.6 Å². The SMILES string of the molecule is COc1ccc(N2CCN(C(=O)Cc3cnco3)C(CC(C)C)C2)cc1OC1CCC1. The van der Waals surface area contributed by atoms with Crippen molar-refractivity contribution < 1.29 is 18.7 Å². The van der Waals surface area contributed by atoms with Crippen LogP contribution in [0.4, 0.5) is 5.69 Å². The van der Waals surface area contributed by atoms with E-state index in [-0.39, 0.29) is 18.4 Å². The van der Waals surface area contributed by atoms with E-state index in [4.69, 9.17) is 13.9 Å². The second kappa shape index (κ2) is 9.62. The molecule has 2 heterocycles. The molecule has 0 bridgehead atoms. The van der Waals surface area contributed by atoms with E-state index in [9.17, 15) is 4.79 Å². The Balaban J connectivity index is 1.48. The maximum atomic E-state index is 13.0. The van der Waals surface area contributed by atoms with Crippen molar-refractivity contribution in [2.45, 2.75) is 58.1 Å². The van der Waals surface area contributed by atoms with E-state index in [0.29, 0.717) is 24.3 Å². The van der Waals surface area contributed by atoms with Crippen LogP contribution in [0.3, 0.4) is 0 Å². The van der Waals surface area contributed by atoms with Gasteiger partial charge in [0.25, 0.3) is 0 Å². The highest BCUT2D eigenvalue weighted by atomic mass is 16.5. The summed E-state index contributed by atoms with van der Waals surface area (Å²) in [6.45, 7) is 6.68. The summed E-state index contributed by atoms with van der Waals surface area (Å²) in [4.78, 5) is 21.3. The van der Waals surface area contributed by atoms with Crippen molar-refractivity contribution in [1.82, 2.24) is 9.88 Å². The third-order valence-electron chi connectivity index (χ3n) is 6.21. The molecule has 31 heavy (non-hydrogen) atoms. The molecule has 0 radical (unpaired) electrons. The van der Waals surface area contributed by atoms with Gasteiger partial charge in [0.1, 0.15) is 5.76 Å². The second-order valence-corrected chi connectivity index (χ2v) is 8.97. The predicted octanol–water partition coefficient (Wildman–Crippen LogP) is 3.92. The molecule has 4 rings (SSSR count). The largest absolute Gasteiger partial charge is 0.493 e. The Morgan fingerprint density at radius 3 is 2.74 bits per heavy atom. The monoisotopic (exact) mass is 427 g/mol. The molecule has 7 nitrogen and oxygen atoms in total. The van der Waals surface area contributed by atoms with Crippen LogP contribution in [0, 0.1) is 5.92 Å². The molecule has 0 N–H and O–H groups in total. The fourth-order valence-corrected chi connectivity index (χ4v) is 4.37. The van der Waals surface area contributed by atoms with Gasteiger partial charge in [0, 0.05) is 37.4 Å². The van der Waals surface area contributed by atoms with Crippen molar-refractivity contribution in [3.8, 4) is 11.5 Å². The van der Waals surface area contributed by atoms with Gasteiger partial charge < -0.3 is 23.7 Å². The molecule has 1 amide bonds. The Bertz CT molecular complexity index is 864. The molecule has 1 saturated heterocycles. The summed E-state index contributed by atoms with van der Waals surface area (Å²) in [5, 5.41) is 0. The third kappa shape index (κ3) is 5.14. The Hall–Kier alpha value is -2.70. The van der Waals surface area contributed by atoms with Crippen LogP contribution in [-0.2, 0) is 11.2 Å². The zero-order chi connectivity index (χ0) is 21.8. The highest BCUT2D eigenvalue weighted by molar-refractivity contribution is 5.79. The lowest BCUT2D eigenvalue weighted by atomic mass is 9.96. The first-order chi connectivity index (χ1) is 15.0. The van der Waals surface area contributed by atoms with Gasteiger partial charge in [-0.15, -0.1) is 0 Å². The second-order valence-electron chi connectivity index (χ2n) is 8.97. The molecule has 7 heteroatoms. The Kier molecular flexibility index (Phi) is 6.68. The van der Waals surface area contributed by atoms with E-state index in [1.54, 1.807) is 13.3 Å². The Morgan fingerprint density at radius 2 is 2.10 bits per heavy atom. The summed E-state index contributed by atoms with van der Waals surface area (Å²) in [7, 11) is 1.68. The lowest BCUT2D eigenvalue weighted by molar-refractivity contribution is -0.133. The smallest absolute Gasteiger partial charge is 0.230 e. The predicted molar refractivity (Wildman–Crippen MR) is 119 cm³/mol. The van der Waals surface area contributed by atoms with Gasteiger partial charge in [-0.05, 0) is 43.7 Å². The first-order valence-corrected chi connectivity index (χ1v) is 11.3. The number of hydrogen-bond donors (Lipinski definition) is 0. The van der Waals surface area contributed by atoms with Gasteiger partial charge in [0.05, 0.1) is 25.8 Å². The van der Waals surface area contributed by atoms with Crippen molar-refractivity contribution in [2.75, 3.05) is 31.6 Å². The van der Waals surface area contributed by atoms with E-state index >= 15 is 0 Å². The van der Waals surface area contributed by atoms with Crippen LogP contribution in [0.2, 0.25) is 0 Å². The van der Waals surface area contributed by atoms with Gasteiger partial charge in [0.15, 0.2) is 17.9 Å². The lowest BCUT2D eigenvalue weighted by Gasteiger charge is -2.43. The number of carbonyl (C=O) groups excluding carboxylic acids is 1. The molecule has 1 atom stereocenters. The van der Waals surface area contributed by atoms with E-state index < -0.39 is 0 Å². The summed E-state index contributed by atoms with van der Waals surface area (Å²) < 4.78 is 17.0. The normalized spacial score (nSPS) is 19.4. The lowest BCUT2D eigenvalue weighted by Crippen LogP contribution is -2.56. The Morgan fingerprint density at radius 1 is 1.26 bits per heavy atom. The fraction of sp³-hybridized carbons (Fsp3) is 0.583. The average Bonchev–Trinajstić information content (AvgIpc) is 3.23. The summed E-state index contributed by atoms with van der Waals surface area (Å²) in [6.07, 6.45) is 7.95. The topological polar surface area (TPSA) is 68.0 Å². The van der Waals surface area contributed by atoms with Crippen molar-refractivity contribution in [1.29, 1.82) is 0 Å². The van der Waals surface area contributed by atoms with Crippen LogP contribution < -0.4 is 14.4 Å². The number of methoxy groups -OCH3 is 1. The molecular weight excluding hydrogens is 394 g/mol. The Labute approximate surface area is 184 Å². The number of piperazine rings is 1. The third-order valence-corrected chi connectivity index (χ3v) is 6.21. The minimum absolute atomic E-state index is 0.103. The molecule has 2 aliphatic rings. The van der Waals surface area contributed by atoms with Gasteiger partial charge >= 0.3 is 0 Å². The van der Waals surface area contributed by atoms with Crippen LogP contribution in [0.15, 0.2) is 35.2 Å². The summed E-state index contributed by atoms with van der Waals surface area (Å²) in [5.74, 6) is 2.80. The molecule has 168 valence electrons. The van der Waals surface area contributed by atoms with Gasteiger partial charge in [-0.2, -0.15) is 0 Å². The summed E-state index contributed by atoms with van der Waals surface area (Å²) >= 11 is 0. The van der Waals surface area contributed by atoms with Crippen molar-refractivity contribution in [2.24, 2.45) is 5.92 Å². The quantitative estimate of drug-likeness (QED) is 0.636. The minimum atomic E-state index is 0.103. The molecule has 2 aromatic rings. The molecular formula is C24H33N3O4. The van der Waals surface area contributed by atoms with Crippen LogP contribution in [0.25, 0.3) is 0 Å². The van der Waals surface area contributed by atoms with Crippen LogP contribution in [0.5, 0.6) is 11.5 Å². The number of hydrogen-bond acceptors (Lipinski definition) is 6. The fourth-order valence-electron chi connectivity index (χ4n) is 4.37. The maximum absolute atomic E-state index is 13.0. The van der Waals surface area contributed by atoms with E-state index in [1.165, 1.54) is 12.8 Å². The average molecular weight is 428 g/mol. The number of oxazole rings is 1. The molecule has 1 aromatic heterocycles. The summed E-state index contributed by atoms with van der Waals surface area (Å²) in [5.41, 5.74) is 1.12. The van der Waals surface area contributed by atoms with E-state index in [2.05, 4.69) is 35.9 Å². The first kappa shape index (κ1) is 21.5. The standard InChI is InChI=1S/C24H33N3O4/c1-17(2)11-19-15-26(9-10-27(19)24(28)13-21-14-25-16-30-21)18-7-8-22(29-3)23(12-18)31-20-5-4-6-20/h7-8,12,14,16-17,19-20H,4-6,9-11,13,15H2,1-3H3. The summed E-state index contributed by atoms with van der Waals surface area (Å²) in [6, 6.07) is 6.32. The molecule has 1 aliphatic heterocycles. The van der Waals surface area contributed by atoms with Crippen molar-refractivity contribution in [3.63, 3.8) is 0 Å². The number of carbonyl (C=O) groups is 1. The van der Waals surface area contributed by atoms with Crippen LogP contribution in [0.1, 0.15) is 45.3 Å². The van der Waals surface area contributed by atoms with Crippen molar-refractivity contribution in [3.05, 3.63) is 36.5 Å². The van der Waals surface area contributed by atoms with Gasteiger partial charge in [-0.25, -0.2) is 4.98 Å². The zero-order valence-electron chi connectivity index (χ0n) is 18.8. The van der Waals surface area contributed by atoms with Gasteiger partial charge in [0.2, 0.25) is 5.91 Å². The number of nitrogens with zero attached hydrogens (tertiary/aromatic N) is 3. The maximum Gasteiger partial charge on any atom is 0.230 e. The zero-order valence-corrected chi connectivity index (χ0v) is 18.8. The highest BCUT2D eigenvalue weighted by Gasteiger charge is 2.32. The highest BCUT2D eigenvalue weighted by Crippen LogP contribution is 2.36. The molecule has 1 saturated carbocycles. The molecule has 2 fully saturated rings. The van der Waals surface area contributed by atoms with Gasteiger partial charge in [-0.3, -0.25) is 4.79 Å². The number of rotatable bonds is 8. The van der Waals surface area contributed by atoms with E-state index in [0.717, 1.165) is 49.5 Å². The number of anilines is 1. The number of amides is 1. The van der Waals surface area contributed by atoms with Gasteiger partial charge in [-0.1, -0.05) is 13.8 Å². The van der Waals surface area contributed by atoms with E-state index in [1.807, 2.05) is 11.0 Å². The first-order valence-electron chi connectivity index (χ1n) is 11.3. The minimum Gasteiger partial charge on any atom is -0.493 e. The number of benzene rings is 1. The molecule has 1 aromatic carbocycles. The van der Waals surface area contributed by atoms with Crippen LogP contribution in [-0.4, -0.2) is 54.7 Å². The molecule has 0 spiro atoms. The van der Waals surface area contributed by atoms with Crippen LogP contribution >= 0.6 is 0 Å². The number of aromatic nitrogens is 1. The number of ether oxygens (including phenoxy) is 2.